The van der Waals surface area contributed by atoms with Gasteiger partial charge in [0.2, 0.25) is 0 Å². The summed E-state index contributed by atoms with van der Waals surface area (Å²) in [6, 6.07) is 2.20. The molecule has 0 aliphatic heterocycles. The number of hydrogen-bond donors (Lipinski definition) is 0. The van der Waals surface area contributed by atoms with Gasteiger partial charge in [-0.25, -0.2) is 4.98 Å². The molecule has 1 aliphatic rings. The molecule has 2 aromatic heterocycles. The molecule has 0 fully saturated rings. The van der Waals surface area contributed by atoms with Crippen LogP contribution in [0.25, 0.3) is 0 Å². The second-order valence-corrected chi connectivity index (χ2v) is 5.88. The molecule has 94 valence electrons. The number of aryl methyl sites for hydroxylation is 1. The molecule has 6 heteroatoms. The van der Waals surface area contributed by atoms with Gasteiger partial charge in [-0.3, -0.25) is 0 Å². The van der Waals surface area contributed by atoms with E-state index in [0.717, 1.165) is 13.0 Å². The summed E-state index contributed by atoms with van der Waals surface area (Å²) in [6.07, 6.45) is 7.68. The molecular weight excluding hydrogens is 271 g/mol. The van der Waals surface area contributed by atoms with Crippen LogP contribution in [0, 0.1) is 5.92 Å². The van der Waals surface area contributed by atoms with Crippen LogP contribution < -0.4 is 34.7 Å². The van der Waals surface area contributed by atoms with Gasteiger partial charge in [-0.15, -0.1) is 11.3 Å². The standard InChI is InChI=1S/C13H14N2O2S.Na/c16-13(17)10-2-1-9-5-11(18-12(9)6-10)7-15-4-3-14-8-15;/h3-5,8,10H,1-2,6-7H2,(H,16,17);/q;+1/p-1. The maximum Gasteiger partial charge on any atom is 1.00 e. The predicted octanol–water partition coefficient (Wildman–Crippen LogP) is -2.15. The largest absolute Gasteiger partial charge is 1.00 e. The number of carbonyl (C=O) groups excluding carboxylic acids is 1. The number of nitrogens with zero attached hydrogens (tertiary/aromatic N) is 2. The van der Waals surface area contributed by atoms with E-state index in [1.54, 1.807) is 23.9 Å². The Morgan fingerprint density at radius 1 is 1.58 bits per heavy atom. The maximum atomic E-state index is 10.9. The Morgan fingerprint density at radius 2 is 2.42 bits per heavy atom. The summed E-state index contributed by atoms with van der Waals surface area (Å²) < 4.78 is 2.02. The first-order valence-corrected chi connectivity index (χ1v) is 6.81. The average molecular weight is 284 g/mol. The molecule has 2 aromatic rings. The third-order valence-corrected chi connectivity index (χ3v) is 4.56. The molecule has 0 saturated carbocycles. The van der Waals surface area contributed by atoms with E-state index < -0.39 is 5.97 Å². The molecule has 0 spiro atoms. The van der Waals surface area contributed by atoms with Crippen LogP contribution in [0.1, 0.15) is 21.7 Å². The molecule has 0 amide bonds. The molecule has 1 unspecified atom stereocenters. The molecule has 0 bridgehead atoms. The Bertz CT molecular complexity index is 565. The molecule has 0 saturated heterocycles. The van der Waals surface area contributed by atoms with Gasteiger partial charge in [0, 0.05) is 34.0 Å². The second-order valence-electron chi connectivity index (χ2n) is 4.65. The zero-order valence-corrected chi connectivity index (χ0v) is 13.7. The fourth-order valence-corrected chi connectivity index (χ4v) is 3.72. The van der Waals surface area contributed by atoms with Crippen LogP contribution in [0.15, 0.2) is 24.8 Å². The minimum atomic E-state index is -0.912. The van der Waals surface area contributed by atoms with Gasteiger partial charge in [0.05, 0.1) is 12.9 Å². The molecule has 19 heavy (non-hydrogen) atoms. The number of thiophene rings is 1. The van der Waals surface area contributed by atoms with Crippen LogP contribution in [0.2, 0.25) is 0 Å². The van der Waals surface area contributed by atoms with E-state index in [0.29, 0.717) is 12.8 Å². The molecule has 4 nitrogen and oxygen atoms in total. The number of aliphatic carboxylic acids is 1. The summed E-state index contributed by atoms with van der Waals surface area (Å²) in [7, 11) is 0. The number of carbonyl (C=O) groups is 1. The van der Waals surface area contributed by atoms with E-state index in [9.17, 15) is 9.90 Å². The number of fused-ring (bicyclic) bond motifs is 1. The monoisotopic (exact) mass is 284 g/mol. The van der Waals surface area contributed by atoms with Gasteiger partial charge in [0.1, 0.15) is 0 Å². The first-order chi connectivity index (χ1) is 8.72. The van der Waals surface area contributed by atoms with Crippen molar-refractivity contribution in [1.29, 1.82) is 0 Å². The third-order valence-electron chi connectivity index (χ3n) is 3.37. The fraction of sp³-hybridized carbons (Fsp3) is 0.385. The van der Waals surface area contributed by atoms with E-state index in [1.807, 2.05) is 10.8 Å². The quantitative estimate of drug-likeness (QED) is 0.604. The van der Waals surface area contributed by atoms with Crippen molar-refractivity contribution in [3.8, 4) is 0 Å². The molecule has 0 aromatic carbocycles. The summed E-state index contributed by atoms with van der Waals surface area (Å²) >= 11 is 1.72. The number of aromatic nitrogens is 2. The van der Waals surface area contributed by atoms with Gasteiger partial charge < -0.3 is 14.5 Å². The first kappa shape index (κ1) is 14.8. The normalized spacial score (nSPS) is 17.6. The van der Waals surface area contributed by atoms with Crippen LogP contribution in [0.4, 0.5) is 0 Å². The van der Waals surface area contributed by atoms with E-state index in [4.69, 9.17) is 0 Å². The summed E-state index contributed by atoms with van der Waals surface area (Å²) in [5, 5.41) is 10.9. The number of carboxylic acid groups (broad SMARTS) is 1. The summed E-state index contributed by atoms with van der Waals surface area (Å²) in [5.41, 5.74) is 1.31. The van der Waals surface area contributed by atoms with Crippen molar-refractivity contribution in [2.45, 2.75) is 25.8 Å². The van der Waals surface area contributed by atoms with Crippen LogP contribution in [-0.4, -0.2) is 15.5 Å². The second kappa shape index (κ2) is 6.22. The molecule has 2 heterocycles. The van der Waals surface area contributed by atoms with Crippen molar-refractivity contribution < 1.29 is 39.5 Å². The predicted molar refractivity (Wildman–Crippen MR) is 66.2 cm³/mol. The molecule has 0 N–H and O–H groups in total. The van der Waals surface area contributed by atoms with E-state index in [2.05, 4.69) is 11.1 Å². The van der Waals surface area contributed by atoms with Gasteiger partial charge in [0.15, 0.2) is 0 Å². The molecular formula is C13H13N2NaO2S. The number of imidazole rings is 1. The van der Waals surface area contributed by atoms with Crippen molar-refractivity contribution in [3.63, 3.8) is 0 Å². The SMILES string of the molecule is O=C([O-])C1CCc2cc(Cn3ccnc3)sc2C1.[Na+]. The maximum absolute atomic E-state index is 10.9. The van der Waals surface area contributed by atoms with Crippen molar-refractivity contribution in [1.82, 2.24) is 9.55 Å². The zero-order chi connectivity index (χ0) is 12.5. The van der Waals surface area contributed by atoms with E-state index in [1.165, 1.54) is 15.3 Å². The van der Waals surface area contributed by atoms with Gasteiger partial charge >= 0.3 is 29.6 Å². The van der Waals surface area contributed by atoms with Crippen LogP contribution in [0.3, 0.4) is 0 Å². The van der Waals surface area contributed by atoms with Gasteiger partial charge in [-0.05, 0) is 30.9 Å². The number of rotatable bonds is 3. The minimum Gasteiger partial charge on any atom is -0.550 e. The van der Waals surface area contributed by atoms with Gasteiger partial charge in [-0.2, -0.15) is 0 Å². The molecule has 1 aliphatic carbocycles. The van der Waals surface area contributed by atoms with E-state index in [-0.39, 0.29) is 35.5 Å². The van der Waals surface area contributed by atoms with Gasteiger partial charge in [-0.1, -0.05) is 0 Å². The smallest absolute Gasteiger partial charge is 0.550 e. The number of hydrogen-bond acceptors (Lipinski definition) is 4. The van der Waals surface area contributed by atoms with Crippen LogP contribution in [-0.2, 0) is 24.2 Å². The molecule has 0 radical (unpaired) electrons. The van der Waals surface area contributed by atoms with E-state index >= 15 is 0 Å². The van der Waals surface area contributed by atoms with Crippen LogP contribution >= 0.6 is 11.3 Å². The summed E-state index contributed by atoms with van der Waals surface area (Å²) in [6.45, 7) is 0.813. The Hall–Kier alpha value is -0.620. The zero-order valence-electron chi connectivity index (χ0n) is 10.8. The number of carboxylic acids is 1. The Kier molecular flexibility index (Phi) is 4.84. The minimum absolute atomic E-state index is 0. The molecule has 3 rings (SSSR count). The van der Waals surface area contributed by atoms with Crippen molar-refractivity contribution >= 4 is 17.3 Å². The topological polar surface area (TPSA) is 57.9 Å². The van der Waals surface area contributed by atoms with Crippen molar-refractivity contribution in [3.05, 3.63) is 40.1 Å². The van der Waals surface area contributed by atoms with Crippen molar-refractivity contribution in [2.24, 2.45) is 5.92 Å². The van der Waals surface area contributed by atoms with Crippen molar-refractivity contribution in [2.75, 3.05) is 0 Å². The van der Waals surface area contributed by atoms with Crippen LogP contribution in [0.5, 0.6) is 0 Å². The third kappa shape index (κ3) is 3.28. The molecule has 1 atom stereocenters. The first-order valence-electron chi connectivity index (χ1n) is 5.99. The Labute approximate surface area is 137 Å². The average Bonchev–Trinajstić information content (AvgIpc) is 2.96. The summed E-state index contributed by atoms with van der Waals surface area (Å²) in [5.74, 6) is -1.22. The van der Waals surface area contributed by atoms with Gasteiger partial charge in [0.25, 0.3) is 0 Å². The Morgan fingerprint density at radius 3 is 3.11 bits per heavy atom. The fourth-order valence-electron chi connectivity index (χ4n) is 2.41. The Balaban J connectivity index is 0.00000133. The summed E-state index contributed by atoms with van der Waals surface area (Å²) in [4.78, 5) is 17.4.